The average molecular weight is 266 g/mol. The monoisotopic (exact) mass is 266 g/mol. The lowest BCUT2D eigenvalue weighted by Crippen LogP contribution is -2.08. The third kappa shape index (κ3) is 1.91. The molecule has 5 nitrogen and oxygen atoms in total. The molecular formula is C15H14N4O. The lowest BCUT2D eigenvalue weighted by Gasteiger charge is -2.20. The van der Waals surface area contributed by atoms with E-state index >= 15 is 0 Å². The van der Waals surface area contributed by atoms with Crippen molar-refractivity contribution in [2.75, 3.05) is 0 Å². The molecule has 0 saturated heterocycles. The van der Waals surface area contributed by atoms with Gasteiger partial charge in [0.25, 0.3) is 0 Å². The lowest BCUT2D eigenvalue weighted by molar-refractivity contribution is 0.292. The van der Waals surface area contributed by atoms with Crippen molar-refractivity contribution in [2.45, 2.75) is 25.2 Å². The van der Waals surface area contributed by atoms with E-state index in [0.29, 0.717) is 11.7 Å². The Morgan fingerprint density at radius 2 is 2.00 bits per heavy atom. The molecule has 100 valence electrons. The van der Waals surface area contributed by atoms with Crippen LogP contribution in [0, 0.1) is 0 Å². The number of aromatic nitrogens is 4. The summed E-state index contributed by atoms with van der Waals surface area (Å²) in [5, 5.41) is 4.08. The molecule has 5 heteroatoms. The Bertz CT molecular complexity index is 696. The van der Waals surface area contributed by atoms with Gasteiger partial charge in [-0.3, -0.25) is 0 Å². The summed E-state index contributed by atoms with van der Waals surface area (Å²) in [4.78, 5) is 8.54. The summed E-state index contributed by atoms with van der Waals surface area (Å²) in [5.74, 6) is 1.93. The highest BCUT2D eigenvalue weighted by Gasteiger charge is 2.25. The highest BCUT2D eigenvalue weighted by molar-refractivity contribution is 5.56. The molecule has 0 N–H and O–H groups in total. The van der Waals surface area contributed by atoms with E-state index in [2.05, 4.69) is 15.1 Å². The first-order valence-electron chi connectivity index (χ1n) is 6.82. The number of hydrogen-bond acceptors (Lipinski definition) is 4. The van der Waals surface area contributed by atoms with Gasteiger partial charge in [-0.15, -0.1) is 0 Å². The summed E-state index contributed by atoms with van der Waals surface area (Å²) < 4.78 is 7.31. The number of nitrogens with zero attached hydrogens (tertiary/aromatic N) is 4. The molecule has 0 unspecified atom stereocenters. The standard InChI is InChI=1S/C15H14N4O/c1-2-12(3-1)15-17-14(18-20-15)11-4-6-13(7-5-11)19-9-8-16-10-19/h4-10,12H,1-3H2. The molecular weight excluding hydrogens is 252 g/mol. The number of imidazole rings is 1. The molecule has 0 amide bonds. The van der Waals surface area contributed by atoms with Crippen molar-refractivity contribution in [1.82, 2.24) is 19.7 Å². The second kappa shape index (κ2) is 4.59. The van der Waals surface area contributed by atoms with Gasteiger partial charge in [-0.1, -0.05) is 11.6 Å². The van der Waals surface area contributed by atoms with Gasteiger partial charge in [0.15, 0.2) is 0 Å². The van der Waals surface area contributed by atoms with Crippen LogP contribution in [-0.4, -0.2) is 19.7 Å². The minimum atomic E-state index is 0.474. The predicted octanol–water partition coefficient (Wildman–Crippen LogP) is 3.19. The fourth-order valence-electron chi connectivity index (χ4n) is 2.37. The van der Waals surface area contributed by atoms with Crippen LogP contribution in [0.3, 0.4) is 0 Å². The third-order valence-electron chi connectivity index (χ3n) is 3.82. The second-order valence-electron chi connectivity index (χ2n) is 5.10. The second-order valence-corrected chi connectivity index (χ2v) is 5.10. The van der Waals surface area contributed by atoms with Gasteiger partial charge in [-0.2, -0.15) is 4.98 Å². The summed E-state index contributed by atoms with van der Waals surface area (Å²) in [6.45, 7) is 0. The van der Waals surface area contributed by atoms with Gasteiger partial charge in [0.1, 0.15) is 0 Å². The molecule has 2 heterocycles. The van der Waals surface area contributed by atoms with Gasteiger partial charge in [-0.25, -0.2) is 4.98 Å². The minimum Gasteiger partial charge on any atom is -0.339 e. The summed E-state index contributed by atoms with van der Waals surface area (Å²) in [6, 6.07) is 8.06. The molecule has 0 aliphatic heterocycles. The quantitative estimate of drug-likeness (QED) is 0.730. The van der Waals surface area contributed by atoms with Crippen molar-refractivity contribution in [3.05, 3.63) is 48.9 Å². The molecule has 0 atom stereocenters. The van der Waals surface area contributed by atoms with E-state index in [-0.39, 0.29) is 0 Å². The molecule has 20 heavy (non-hydrogen) atoms. The fraction of sp³-hybridized carbons (Fsp3) is 0.267. The van der Waals surface area contributed by atoms with E-state index < -0.39 is 0 Å². The van der Waals surface area contributed by atoms with Crippen LogP contribution in [0.15, 0.2) is 47.5 Å². The molecule has 1 aromatic carbocycles. The topological polar surface area (TPSA) is 56.7 Å². The summed E-state index contributed by atoms with van der Waals surface area (Å²) >= 11 is 0. The Balaban J connectivity index is 1.60. The van der Waals surface area contributed by atoms with Crippen LogP contribution in [0.2, 0.25) is 0 Å². The molecule has 0 spiro atoms. The van der Waals surface area contributed by atoms with Gasteiger partial charge >= 0.3 is 0 Å². The van der Waals surface area contributed by atoms with E-state index in [1.165, 1.54) is 19.3 Å². The van der Waals surface area contributed by atoms with Crippen LogP contribution < -0.4 is 0 Å². The van der Waals surface area contributed by atoms with Crippen molar-refractivity contribution >= 4 is 0 Å². The van der Waals surface area contributed by atoms with E-state index in [1.54, 1.807) is 12.5 Å². The zero-order chi connectivity index (χ0) is 13.4. The van der Waals surface area contributed by atoms with Crippen LogP contribution >= 0.6 is 0 Å². The van der Waals surface area contributed by atoms with Crippen LogP contribution in [0.4, 0.5) is 0 Å². The number of rotatable bonds is 3. The zero-order valence-electron chi connectivity index (χ0n) is 10.9. The smallest absolute Gasteiger partial charge is 0.230 e. The minimum absolute atomic E-state index is 0.474. The highest BCUT2D eigenvalue weighted by atomic mass is 16.5. The summed E-state index contributed by atoms with van der Waals surface area (Å²) in [7, 11) is 0. The Kier molecular flexibility index (Phi) is 2.62. The van der Waals surface area contributed by atoms with E-state index in [0.717, 1.165) is 17.1 Å². The maximum atomic E-state index is 5.35. The van der Waals surface area contributed by atoms with E-state index in [1.807, 2.05) is 35.0 Å². The van der Waals surface area contributed by atoms with Crippen LogP contribution in [0.25, 0.3) is 17.1 Å². The first-order chi connectivity index (χ1) is 9.90. The number of hydrogen-bond donors (Lipinski definition) is 0. The Morgan fingerprint density at radius 3 is 2.65 bits per heavy atom. The van der Waals surface area contributed by atoms with Gasteiger partial charge in [-0.05, 0) is 37.1 Å². The SMILES string of the molecule is c1cn(-c2ccc(-c3noc(C4CCC4)n3)cc2)cn1. The molecule has 1 fully saturated rings. The van der Waals surface area contributed by atoms with Crippen molar-refractivity contribution in [1.29, 1.82) is 0 Å². The molecule has 1 aliphatic rings. The van der Waals surface area contributed by atoms with E-state index in [9.17, 15) is 0 Å². The largest absolute Gasteiger partial charge is 0.339 e. The molecule has 1 aliphatic carbocycles. The van der Waals surface area contributed by atoms with Crippen molar-refractivity contribution in [3.63, 3.8) is 0 Å². The predicted molar refractivity (Wildman–Crippen MR) is 73.4 cm³/mol. The molecule has 3 aromatic rings. The van der Waals surface area contributed by atoms with Gasteiger partial charge in [0.05, 0.1) is 6.33 Å². The Labute approximate surface area is 116 Å². The molecule has 2 aromatic heterocycles. The molecule has 0 bridgehead atoms. The summed E-state index contributed by atoms with van der Waals surface area (Å²) in [5.41, 5.74) is 2.04. The van der Waals surface area contributed by atoms with E-state index in [4.69, 9.17) is 4.52 Å². The van der Waals surface area contributed by atoms with Crippen molar-refractivity contribution in [3.8, 4) is 17.1 Å². The summed E-state index contributed by atoms with van der Waals surface area (Å²) in [6.07, 6.45) is 9.05. The van der Waals surface area contributed by atoms with Gasteiger partial charge in [0.2, 0.25) is 11.7 Å². The first-order valence-corrected chi connectivity index (χ1v) is 6.82. The first kappa shape index (κ1) is 11.4. The average Bonchev–Trinajstić information content (AvgIpc) is 3.08. The van der Waals surface area contributed by atoms with Crippen LogP contribution in [0.1, 0.15) is 31.1 Å². The normalized spacial score (nSPS) is 15.2. The zero-order valence-corrected chi connectivity index (χ0v) is 10.9. The van der Waals surface area contributed by atoms with Gasteiger partial charge in [0, 0.05) is 29.6 Å². The maximum absolute atomic E-state index is 5.35. The highest BCUT2D eigenvalue weighted by Crippen LogP contribution is 2.35. The maximum Gasteiger partial charge on any atom is 0.230 e. The fourth-order valence-corrected chi connectivity index (χ4v) is 2.37. The van der Waals surface area contributed by atoms with Gasteiger partial charge < -0.3 is 9.09 Å². The Hall–Kier alpha value is -2.43. The molecule has 0 radical (unpaired) electrons. The number of benzene rings is 1. The van der Waals surface area contributed by atoms with Crippen LogP contribution in [-0.2, 0) is 0 Å². The molecule has 1 saturated carbocycles. The van der Waals surface area contributed by atoms with Crippen molar-refractivity contribution in [2.24, 2.45) is 0 Å². The Morgan fingerprint density at radius 1 is 1.15 bits per heavy atom. The lowest BCUT2D eigenvalue weighted by atomic mass is 9.85. The third-order valence-corrected chi connectivity index (χ3v) is 3.82. The molecule has 4 rings (SSSR count). The van der Waals surface area contributed by atoms with Crippen molar-refractivity contribution < 1.29 is 4.52 Å². The van der Waals surface area contributed by atoms with Crippen LogP contribution in [0.5, 0.6) is 0 Å².